The molecular formula is C25H27NO. The van der Waals surface area contributed by atoms with Crippen LogP contribution in [-0.2, 0) is 6.42 Å². The topological polar surface area (TPSA) is 26.0 Å². The Labute approximate surface area is 161 Å². The number of rotatable bonds is 8. The van der Waals surface area contributed by atoms with Crippen LogP contribution in [0.4, 0.5) is 0 Å². The number of pyridine rings is 1. The maximum Gasteiger partial charge on any atom is 0.144 e. The third-order valence-corrected chi connectivity index (χ3v) is 5.32. The van der Waals surface area contributed by atoms with Gasteiger partial charge in [0.1, 0.15) is 11.2 Å². The summed E-state index contributed by atoms with van der Waals surface area (Å²) in [6, 6.07) is 18.9. The van der Waals surface area contributed by atoms with Crippen LogP contribution in [0, 0.1) is 0 Å². The van der Waals surface area contributed by atoms with Crippen molar-refractivity contribution < 1.29 is 4.42 Å². The molecule has 0 spiro atoms. The average molecular weight is 357 g/mol. The Morgan fingerprint density at radius 2 is 1.59 bits per heavy atom. The summed E-state index contributed by atoms with van der Waals surface area (Å²) in [5.41, 5.74) is 5.22. The van der Waals surface area contributed by atoms with Gasteiger partial charge in [-0.1, -0.05) is 75.4 Å². The van der Waals surface area contributed by atoms with Crippen molar-refractivity contribution >= 4 is 21.9 Å². The van der Waals surface area contributed by atoms with Crippen molar-refractivity contribution in [3.05, 3.63) is 66.4 Å². The van der Waals surface area contributed by atoms with Crippen LogP contribution in [-0.4, -0.2) is 4.98 Å². The van der Waals surface area contributed by atoms with Gasteiger partial charge in [0.15, 0.2) is 0 Å². The fourth-order valence-electron chi connectivity index (χ4n) is 3.79. The standard InChI is InChI=1S/C25H27NO/c1-2-3-4-5-6-7-11-19-16-17-23(26-18-19)22-14-10-13-21-20-12-8-9-15-24(20)27-25(21)22/h8-10,12-18H,2-7,11H2,1H3. The first kappa shape index (κ1) is 17.8. The van der Waals surface area contributed by atoms with E-state index in [2.05, 4.69) is 49.4 Å². The van der Waals surface area contributed by atoms with Gasteiger partial charge in [0.05, 0.1) is 5.69 Å². The molecule has 2 aromatic carbocycles. The zero-order valence-corrected chi connectivity index (χ0v) is 16.1. The molecule has 0 atom stereocenters. The van der Waals surface area contributed by atoms with E-state index in [1.54, 1.807) is 0 Å². The molecule has 138 valence electrons. The smallest absolute Gasteiger partial charge is 0.144 e. The summed E-state index contributed by atoms with van der Waals surface area (Å²) in [4.78, 5) is 4.74. The molecule has 0 fully saturated rings. The zero-order valence-electron chi connectivity index (χ0n) is 16.1. The summed E-state index contributed by atoms with van der Waals surface area (Å²) in [7, 11) is 0. The third-order valence-electron chi connectivity index (χ3n) is 5.32. The van der Waals surface area contributed by atoms with E-state index in [1.165, 1.54) is 44.1 Å². The molecule has 0 aliphatic carbocycles. The Balaban J connectivity index is 1.51. The number of unbranched alkanes of at least 4 members (excludes halogenated alkanes) is 5. The van der Waals surface area contributed by atoms with Crippen molar-refractivity contribution in [2.45, 2.75) is 51.9 Å². The molecule has 0 N–H and O–H groups in total. The number of hydrogen-bond donors (Lipinski definition) is 0. The van der Waals surface area contributed by atoms with Crippen molar-refractivity contribution in [2.75, 3.05) is 0 Å². The van der Waals surface area contributed by atoms with Crippen LogP contribution < -0.4 is 0 Å². The molecule has 27 heavy (non-hydrogen) atoms. The van der Waals surface area contributed by atoms with Crippen LogP contribution >= 0.6 is 0 Å². The molecule has 4 aromatic rings. The van der Waals surface area contributed by atoms with Gasteiger partial charge in [-0.05, 0) is 36.6 Å². The van der Waals surface area contributed by atoms with Crippen molar-refractivity contribution in [3.8, 4) is 11.3 Å². The second-order valence-electron chi connectivity index (χ2n) is 7.35. The molecule has 0 bridgehead atoms. The Kier molecular flexibility index (Phi) is 5.53. The van der Waals surface area contributed by atoms with Crippen LogP contribution in [0.3, 0.4) is 0 Å². The summed E-state index contributed by atoms with van der Waals surface area (Å²) < 4.78 is 6.14. The third kappa shape index (κ3) is 3.90. The predicted molar refractivity (Wildman–Crippen MR) is 114 cm³/mol. The number of fused-ring (bicyclic) bond motifs is 3. The fraction of sp³-hybridized carbons (Fsp3) is 0.320. The molecule has 0 unspecified atom stereocenters. The minimum atomic E-state index is 0.926. The lowest BCUT2D eigenvalue weighted by Crippen LogP contribution is -1.90. The van der Waals surface area contributed by atoms with Gasteiger partial charge in [-0.15, -0.1) is 0 Å². The van der Waals surface area contributed by atoms with E-state index in [9.17, 15) is 0 Å². The highest BCUT2D eigenvalue weighted by Gasteiger charge is 2.12. The van der Waals surface area contributed by atoms with E-state index in [-0.39, 0.29) is 0 Å². The summed E-state index contributed by atoms with van der Waals surface area (Å²) in [5, 5.41) is 2.31. The lowest BCUT2D eigenvalue weighted by atomic mass is 10.0. The lowest BCUT2D eigenvalue weighted by Gasteiger charge is -2.05. The maximum atomic E-state index is 6.14. The van der Waals surface area contributed by atoms with Gasteiger partial charge in [0, 0.05) is 22.5 Å². The molecule has 0 saturated heterocycles. The Morgan fingerprint density at radius 1 is 0.778 bits per heavy atom. The first-order valence-electron chi connectivity index (χ1n) is 10.2. The highest BCUT2D eigenvalue weighted by molar-refractivity contribution is 6.09. The summed E-state index contributed by atoms with van der Waals surface area (Å²) in [6.07, 6.45) is 11.1. The van der Waals surface area contributed by atoms with E-state index in [0.717, 1.165) is 39.6 Å². The molecule has 0 saturated carbocycles. The van der Waals surface area contributed by atoms with Gasteiger partial charge >= 0.3 is 0 Å². The molecule has 2 heterocycles. The van der Waals surface area contributed by atoms with Gasteiger partial charge in [0.2, 0.25) is 0 Å². The van der Waals surface area contributed by atoms with Gasteiger partial charge < -0.3 is 4.42 Å². The number of aromatic nitrogens is 1. The molecule has 0 aliphatic rings. The number of para-hydroxylation sites is 2. The van der Waals surface area contributed by atoms with E-state index in [0.29, 0.717) is 0 Å². The van der Waals surface area contributed by atoms with Gasteiger partial charge in [-0.2, -0.15) is 0 Å². The van der Waals surface area contributed by atoms with Crippen LogP contribution in [0.5, 0.6) is 0 Å². The molecular weight excluding hydrogens is 330 g/mol. The largest absolute Gasteiger partial charge is 0.455 e. The SMILES string of the molecule is CCCCCCCCc1ccc(-c2cccc3c2oc2ccccc23)nc1. The van der Waals surface area contributed by atoms with Crippen molar-refractivity contribution in [1.82, 2.24) is 4.98 Å². The van der Waals surface area contributed by atoms with Gasteiger partial charge in [0.25, 0.3) is 0 Å². The van der Waals surface area contributed by atoms with Crippen molar-refractivity contribution in [2.24, 2.45) is 0 Å². The Hall–Kier alpha value is -2.61. The monoisotopic (exact) mass is 357 g/mol. The summed E-state index contributed by atoms with van der Waals surface area (Å²) in [6.45, 7) is 2.26. The van der Waals surface area contributed by atoms with Crippen LogP contribution in [0.2, 0.25) is 0 Å². The van der Waals surface area contributed by atoms with E-state index >= 15 is 0 Å². The van der Waals surface area contributed by atoms with Gasteiger partial charge in [-0.3, -0.25) is 4.98 Å². The van der Waals surface area contributed by atoms with Crippen molar-refractivity contribution in [3.63, 3.8) is 0 Å². The maximum absolute atomic E-state index is 6.14. The molecule has 0 amide bonds. The zero-order chi connectivity index (χ0) is 18.5. The number of hydrogen-bond acceptors (Lipinski definition) is 2. The van der Waals surface area contributed by atoms with E-state index in [1.807, 2.05) is 18.3 Å². The predicted octanol–water partition coefficient (Wildman–Crippen LogP) is 7.55. The van der Waals surface area contributed by atoms with Crippen LogP contribution in [0.25, 0.3) is 33.2 Å². The first-order chi connectivity index (χ1) is 13.4. The van der Waals surface area contributed by atoms with Crippen LogP contribution in [0.15, 0.2) is 65.2 Å². The summed E-state index contributed by atoms with van der Waals surface area (Å²) >= 11 is 0. The average Bonchev–Trinajstić information content (AvgIpc) is 3.10. The molecule has 2 nitrogen and oxygen atoms in total. The normalized spacial score (nSPS) is 11.4. The number of aryl methyl sites for hydroxylation is 1. The van der Waals surface area contributed by atoms with Crippen molar-refractivity contribution in [1.29, 1.82) is 0 Å². The molecule has 4 rings (SSSR count). The lowest BCUT2D eigenvalue weighted by molar-refractivity contribution is 0.607. The second-order valence-corrected chi connectivity index (χ2v) is 7.35. The molecule has 2 aromatic heterocycles. The molecule has 2 heteroatoms. The quantitative estimate of drug-likeness (QED) is 0.304. The number of furan rings is 1. The van der Waals surface area contributed by atoms with Gasteiger partial charge in [-0.25, -0.2) is 0 Å². The Bertz CT molecular complexity index is 1010. The molecule has 0 aliphatic heterocycles. The number of nitrogens with zero attached hydrogens (tertiary/aromatic N) is 1. The fourth-order valence-corrected chi connectivity index (χ4v) is 3.79. The van der Waals surface area contributed by atoms with E-state index < -0.39 is 0 Å². The van der Waals surface area contributed by atoms with E-state index in [4.69, 9.17) is 9.40 Å². The highest BCUT2D eigenvalue weighted by atomic mass is 16.3. The first-order valence-corrected chi connectivity index (χ1v) is 10.2. The minimum absolute atomic E-state index is 0.926. The second kappa shape index (κ2) is 8.39. The highest BCUT2D eigenvalue weighted by Crippen LogP contribution is 2.34. The van der Waals surface area contributed by atoms with Crippen LogP contribution in [0.1, 0.15) is 51.0 Å². The molecule has 0 radical (unpaired) electrons. The summed E-state index contributed by atoms with van der Waals surface area (Å²) in [5.74, 6) is 0. The minimum Gasteiger partial charge on any atom is -0.455 e. The Morgan fingerprint density at radius 3 is 2.44 bits per heavy atom. The number of benzene rings is 2.